The van der Waals surface area contributed by atoms with E-state index in [1.807, 2.05) is 19.1 Å². The van der Waals surface area contributed by atoms with Gasteiger partial charge >= 0.3 is 0 Å². The van der Waals surface area contributed by atoms with Crippen LogP contribution in [0, 0.1) is 6.92 Å². The van der Waals surface area contributed by atoms with Crippen LogP contribution in [0.4, 0.5) is 5.69 Å². The number of hydrogen-bond donors (Lipinski definition) is 1. The Morgan fingerprint density at radius 1 is 1.29 bits per heavy atom. The molecule has 2 aromatic rings. The number of aryl methyl sites for hydroxylation is 1. The van der Waals surface area contributed by atoms with E-state index >= 15 is 0 Å². The zero-order valence-corrected chi connectivity index (χ0v) is 13.6. The molecule has 2 aromatic carbocycles. The fourth-order valence-corrected chi connectivity index (χ4v) is 3.21. The van der Waals surface area contributed by atoms with Gasteiger partial charge in [0.05, 0.1) is 18.9 Å². The highest BCUT2D eigenvalue weighted by Crippen LogP contribution is 2.30. The molecule has 0 saturated carbocycles. The summed E-state index contributed by atoms with van der Waals surface area (Å²) >= 11 is 3.43. The average molecular weight is 348 g/mol. The second-order valence-electron chi connectivity index (χ2n) is 5.28. The number of halogens is 1. The zero-order chi connectivity index (χ0) is 14.8. The van der Waals surface area contributed by atoms with Gasteiger partial charge in [-0.05, 0) is 41.8 Å². The van der Waals surface area contributed by atoms with Crippen molar-refractivity contribution in [2.75, 3.05) is 18.9 Å². The van der Waals surface area contributed by atoms with E-state index in [1.165, 1.54) is 11.1 Å². The maximum Gasteiger partial charge on any atom is 0.145 e. The summed E-state index contributed by atoms with van der Waals surface area (Å²) in [5.41, 5.74) is 10.3. The Hall–Kier alpha value is -1.68. The van der Waals surface area contributed by atoms with Crippen LogP contribution in [0.25, 0.3) is 0 Å². The van der Waals surface area contributed by atoms with Crippen molar-refractivity contribution >= 4 is 21.6 Å². The van der Waals surface area contributed by atoms with Crippen LogP contribution in [0.2, 0.25) is 0 Å². The van der Waals surface area contributed by atoms with Gasteiger partial charge < -0.3 is 15.2 Å². The first-order chi connectivity index (χ1) is 10.1. The Bertz CT molecular complexity index is 647. The number of hydrogen-bond acceptors (Lipinski definition) is 3. The Morgan fingerprint density at radius 3 is 2.95 bits per heavy atom. The topological polar surface area (TPSA) is 44.5 Å². The van der Waals surface area contributed by atoms with Crippen LogP contribution in [-0.4, -0.2) is 13.2 Å². The number of benzene rings is 2. The predicted octanol–water partition coefficient (Wildman–Crippen LogP) is 3.90. The summed E-state index contributed by atoms with van der Waals surface area (Å²) in [5.74, 6) is 1.80. The molecule has 0 saturated heterocycles. The van der Waals surface area contributed by atoms with Crippen LogP contribution in [-0.2, 0) is 12.8 Å². The van der Waals surface area contributed by atoms with Gasteiger partial charge in [0.2, 0.25) is 0 Å². The van der Waals surface area contributed by atoms with Gasteiger partial charge in [-0.25, -0.2) is 0 Å². The monoisotopic (exact) mass is 347 g/mol. The van der Waals surface area contributed by atoms with Crippen LogP contribution >= 0.6 is 15.9 Å². The minimum atomic E-state index is 0.617. The molecule has 21 heavy (non-hydrogen) atoms. The van der Waals surface area contributed by atoms with E-state index < -0.39 is 0 Å². The quantitative estimate of drug-likeness (QED) is 0.853. The molecule has 0 spiro atoms. The molecule has 1 aliphatic heterocycles. The molecule has 110 valence electrons. The van der Waals surface area contributed by atoms with Gasteiger partial charge in [0.15, 0.2) is 0 Å². The molecule has 0 fully saturated rings. The molecule has 0 bridgehead atoms. The number of fused-ring (bicyclic) bond motifs is 1. The maximum absolute atomic E-state index is 6.00. The molecule has 1 heterocycles. The largest absolute Gasteiger partial charge is 0.493 e. The number of ether oxygens (including phenoxy) is 2. The van der Waals surface area contributed by atoms with Crippen molar-refractivity contribution in [2.45, 2.75) is 19.8 Å². The highest BCUT2D eigenvalue weighted by molar-refractivity contribution is 9.10. The first kappa shape index (κ1) is 14.3. The van der Waals surface area contributed by atoms with Crippen LogP contribution in [0.3, 0.4) is 0 Å². The lowest BCUT2D eigenvalue weighted by molar-refractivity contribution is 0.321. The fraction of sp³-hybridized carbons (Fsp3) is 0.294. The lowest BCUT2D eigenvalue weighted by atomic mass is 10.1. The highest BCUT2D eigenvalue weighted by Gasteiger charge is 2.12. The third-order valence-electron chi connectivity index (χ3n) is 3.66. The van der Waals surface area contributed by atoms with E-state index in [0.717, 1.165) is 41.0 Å². The standard InChI is InChI=1S/C17H18BrNO2/c1-11-8-14(18)10-15(19)17(11)21-6-4-12-2-3-16-13(9-12)5-7-20-16/h2-3,8-10H,4-7,19H2,1H3. The number of nitrogen functional groups attached to an aromatic ring is 1. The van der Waals surface area contributed by atoms with Crippen LogP contribution in [0.15, 0.2) is 34.8 Å². The van der Waals surface area contributed by atoms with Gasteiger partial charge in [-0.2, -0.15) is 0 Å². The number of rotatable bonds is 4. The summed E-state index contributed by atoms with van der Waals surface area (Å²) in [5, 5.41) is 0. The van der Waals surface area contributed by atoms with Crippen molar-refractivity contribution in [3.8, 4) is 11.5 Å². The molecule has 3 rings (SSSR count). The first-order valence-electron chi connectivity index (χ1n) is 7.06. The number of nitrogens with two attached hydrogens (primary N) is 1. The van der Waals surface area contributed by atoms with E-state index in [4.69, 9.17) is 15.2 Å². The van der Waals surface area contributed by atoms with E-state index in [0.29, 0.717) is 12.3 Å². The third kappa shape index (κ3) is 3.16. The van der Waals surface area contributed by atoms with Crippen LogP contribution < -0.4 is 15.2 Å². The summed E-state index contributed by atoms with van der Waals surface area (Å²) < 4.78 is 12.4. The molecule has 2 N–H and O–H groups in total. The highest BCUT2D eigenvalue weighted by atomic mass is 79.9. The molecule has 1 aliphatic rings. The molecule has 0 atom stereocenters. The average Bonchev–Trinajstić information content (AvgIpc) is 2.89. The van der Waals surface area contributed by atoms with Gasteiger partial charge in [-0.3, -0.25) is 0 Å². The van der Waals surface area contributed by atoms with Crippen molar-refractivity contribution in [1.29, 1.82) is 0 Å². The van der Waals surface area contributed by atoms with Gasteiger partial charge in [-0.1, -0.05) is 28.1 Å². The van der Waals surface area contributed by atoms with E-state index in [9.17, 15) is 0 Å². The third-order valence-corrected chi connectivity index (χ3v) is 4.12. The summed E-state index contributed by atoms with van der Waals surface area (Å²) in [6, 6.07) is 10.2. The minimum Gasteiger partial charge on any atom is -0.493 e. The van der Waals surface area contributed by atoms with Crippen LogP contribution in [0.1, 0.15) is 16.7 Å². The SMILES string of the molecule is Cc1cc(Br)cc(N)c1OCCc1ccc2c(c1)CCO2. The predicted molar refractivity (Wildman–Crippen MR) is 88.1 cm³/mol. The van der Waals surface area contributed by atoms with Crippen LogP contribution in [0.5, 0.6) is 11.5 Å². The van der Waals surface area contributed by atoms with Crippen molar-refractivity contribution in [2.24, 2.45) is 0 Å². The Morgan fingerprint density at radius 2 is 2.14 bits per heavy atom. The summed E-state index contributed by atoms with van der Waals surface area (Å²) in [7, 11) is 0. The van der Waals surface area contributed by atoms with Gasteiger partial charge in [0.1, 0.15) is 11.5 Å². The second kappa shape index (κ2) is 5.98. The Balaban J connectivity index is 1.64. The van der Waals surface area contributed by atoms with Crippen molar-refractivity contribution in [3.63, 3.8) is 0 Å². The van der Waals surface area contributed by atoms with Crippen molar-refractivity contribution < 1.29 is 9.47 Å². The lowest BCUT2D eigenvalue weighted by Crippen LogP contribution is -2.05. The van der Waals surface area contributed by atoms with Crippen molar-refractivity contribution in [1.82, 2.24) is 0 Å². The number of anilines is 1. The fourth-order valence-electron chi connectivity index (χ4n) is 2.62. The van der Waals surface area contributed by atoms with E-state index in [1.54, 1.807) is 0 Å². The summed E-state index contributed by atoms with van der Waals surface area (Å²) in [6.45, 7) is 3.42. The Labute approximate surface area is 133 Å². The molecular formula is C17H18BrNO2. The summed E-state index contributed by atoms with van der Waals surface area (Å²) in [4.78, 5) is 0. The van der Waals surface area contributed by atoms with E-state index in [-0.39, 0.29) is 0 Å². The Kier molecular flexibility index (Phi) is 4.06. The van der Waals surface area contributed by atoms with Gasteiger partial charge in [0, 0.05) is 17.3 Å². The molecule has 0 aliphatic carbocycles. The normalized spacial score (nSPS) is 12.9. The first-order valence-corrected chi connectivity index (χ1v) is 7.86. The molecular weight excluding hydrogens is 330 g/mol. The molecule has 0 radical (unpaired) electrons. The maximum atomic E-state index is 6.00. The van der Waals surface area contributed by atoms with Crippen molar-refractivity contribution in [3.05, 3.63) is 51.5 Å². The molecule has 0 aromatic heterocycles. The molecule has 4 heteroatoms. The minimum absolute atomic E-state index is 0.617. The van der Waals surface area contributed by atoms with Gasteiger partial charge in [-0.15, -0.1) is 0 Å². The smallest absolute Gasteiger partial charge is 0.145 e. The van der Waals surface area contributed by atoms with E-state index in [2.05, 4.69) is 34.1 Å². The van der Waals surface area contributed by atoms with Gasteiger partial charge in [0.25, 0.3) is 0 Å². The zero-order valence-electron chi connectivity index (χ0n) is 12.0. The second-order valence-corrected chi connectivity index (χ2v) is 6.20. The molecule has 0 unspecified atom stereocenters. The lowest BCUT2D eigenvalue weighted by Gasteiger charge is -2.12. The molecule has 0 amide bonds. The molecule has 3 nitrogen and oxygen atoms in total. The summed E-state index contributed by atoms with van der Waals surface area (Å²) in [6.07, 6.45) is 1.87.